The molecule has 14 heteroatoms. The van der Waals surface area contributed by atoms with E-state index in [0.717, 1.165) is 0 Å². The minimum absolute atomic E-state index is 0.00465. The first-order valence-electron chi connectivity index (χ1n) is 9.38. The van der Waals surface area contributed by atoms with Gasteiger partial charge in [0, 0.05) is 17.1 Å². The van der Waals surface area contributed by atoms with Crippen LogP contribution < -0.4 is 25.7 Å². The standard InChI is InChI=1S/C20H18ClN5O5S3/c1-30-12-7-13(31-2)15(21)16(27)14(12)11-8-32-19(25-11)17-18(22)26-20(33-17)24-9-3-5-10(6-4-9)34(23,28)29/h3-8,27H,22H2,1-2H3,(H,24,26)(H2,23,28,29). The number of benzene rings is 2. The molecule has 0 unspecified atom stereocenters. The number of aromatic nitrogens is 2. The molecule has 0 bridgehead atoms. The van der Waals surface area contributed by atoms with E-state index in [1.807, 2.05) is 0 Å². The molecule has 0 spiro atoms. The van der Waals surface area contributed by atoms with Crippen molar-refractivity contribution in [1.29, 1.82) is 0 Å². The Morgan fingerprint density at radius 3 is 2.41 bits per heavy atom. The molecule has 34 heavy (non-hydrogen) atoms. The summed E-state index contributed by atoms with van der Waals surface area (Å²) in [6.07, 6.45) is 0. The topological polar surface area (TPSA) is 163 Å². The van der Waals surface area contributed by atoms with Crippen molar-refractivity contribution in [3.05, 3.63) is 40.7 Å². The van der Waals surface area contributed by atoms with Crippen LogP contribution in [-0.2, 0) is 10.0 Å². The maximum Gasteiger partial charge on any atom is 0.238 e. The summed E-state index contributed by atoms with van der Waals surface area (Å²) in [5, 5.41) is 21.7. The summed E-state index contributed by atoms with van der Waals surface area (Å²) in [7, 11) is -0.873. The van der Waals surface area contributed by atoms with Crippen LogP contribution in [0.3, 0.4) is 0 Å². The number of nitrogens with one attached hydrogen (secondary N) is 1. The third-order valence-electron chi connectivity index (χ3n) is 4.65. The van der Waals surface area contributed by atoms with Crippen molar-refractivity contribution in [3.63, 3.8) is 0 Å². The molecule has 10 nitrogen and oxygen atoms in total. The number of methoxy groups -OCH3 is 2. The van der Waals surface area contributed by atoms with E-state index in [0.29, 0.717) is 37.7 Å². The fraction of sp³-hybridized carbons (Fsp3) is 0.100. The van der Waals surface area contributed by atoms with Crippen molar-refractivity contribution < 1.29 is 23.0 Å². The lowest BCUT2D eigenvalue weighted by Gasteiger charge is -2.13. The Morgan fingerprint density at radius 2 is 1.79 bits per heavy atom. The number of primary sulfonamides is 1. The molecule has 0 amide bonds. The van der Waals surface area contributed by atoms with Crippen LogP contribution in [0.1, 0.15) is 0 Å². The number of ether oxygens (including phenoxy) is 2. The smallest absolute Gasteiger partial charge is 0.238 e. The normalized spacial score (nSPS) is 11.4. The number of halogens is 1. The lowest BCUT2D eigenvalue weighted by molar-refractivity contribution is 0.387. The maximum atomic E-state index is 11.4. The number of sulfonamides is 1. The van der Waals surface area contributed by atoms with Crippen LogP contribution in [0.5, 0.6) is 17.2 Å². The van der Waals surface area contributed by atoms with Gasteiger partial charge in [-0.2, -0.15) is 0 Å². The Morgan fingerprint density at radius 1 is 1.12 bits per heavy atom. The molecule has 0 saturated heterocycles. The van der Waals surface area contributed by atoms with Crippen molar-refractivity contribution in [1.82, 2.24) is 9.97 Å². The summed E-state index contributed by atoms with van der Waals surface area (Å²) >= 11 is 8.79. The Bertz CT molecular complexity index is 1470. The lowest BCUT2D eigenvalue weighted by Crippen LogP contribution is -2.11. The van der Waals surface area contributed by atoms with Gasteiger partial charge in [0.1, 0.15) is 32.2 Å². The third kappa shape index (κ3) is 4.60. The summed E-state index contributed by atoms with van der Waals surface area (Å²) < 4.78 is 33.4. The molecule has 2 heterocycles. The molecule has 4 rings (SSSR count). The average molecular weight is 540 g/mol. The van der Waals surface area contributed by atoms with Gasteiger partial charge in [0.25, 0.3) is 0 Å². The lowest BCUT2D eigenvalue weighted by atomic mass is 10.1. The highest BCUT2D eigenvalue weighted by atomic mass is 35.5. The quantitative estimate of drug-likeness (QED) is 0.268. The molecule has 0 aliphatic carbocycles. The zero-order valence-corrected chi connectivity index (χ0v) is 20.9. The highest BCUT2D eigenvalue weighted by Gasteiger charge is 2.23. The van der Waals surface area contributed by atoms with E-state index < -0.39 is 10.0 Å². The molecule has 0 aliphatic rings. The number of rotatable bonds is 7. The number of nitrogens with zero attached hydrogens (tertiary/aromatic N) is 2. The summed E-state index contributed by atoms with van der Waals surface area (Å²) in [5.74, 6) is 0.670. The molecule has 6 N–H and O–H groups in total. The van der Waals surface area contributed by atoms with Crippen molar-refractivity contribution >= 4 is 60.9 Å². The Kier molecular flexibility index (Phi) is 6.55. The first kappa shape index (κ1) is 24.0. The van der Waals surface area contributed by atoms with Crippen molar-refractivity contribution in [2.45, 2.75) is 4.90 Å². The van der Waals surface area contributed by atoms with E-state index in [9.17, 15) is 13.5 Å². The molecule has 0 saturated carbocycles. The van der Waals surface area contributed by atoms with E-state index >= 15 is 0 Å². The van der Waals surface area contributed by atoms with Gasteiger partial charge in [0.15, 0.2) is 10.9 Å². The van der Waals surface area contributed by atoms with Crippen LogP contribution in [0.2, 0.25) is 5.02 Å². The fourth-order valence-electron chi connectivity index (χ4n) is 3.04. The summed E-state index contributed by atoms with van der Waals surface area (Å²) in [4.78, 5) is 9.55. The molecule has 4 aromatic rings. The molecule has 0 fully saturated rings. The van der Waals surface area contributed by atoms with Gasteiger partial charge in [0.05, 0.1) is 30.4 Å². The minimum Gasteiger partial charge on any atom is -0.505 e. The first-order chi connectivity index (χ1) is 16.1. The minimum atomic E-state index is -3.78. The largest absolute Gasteiger partial charge is 0.505 e. The molecule has 0 aliphatic heterocycles. The van der Waals surface area contributed by atoms with Gasteiger partial charge >= 0.3 is 0 Å². The number of phenols is 1. The van der Waals surface area contributed by atoms with Crippen LogP contribution in [-0.4, -0.2) is 37.7 Å². The SMILES string of the molecule is COc1cc(OC)c(-c2csc(-c3sc(Nc4ccc(S(N)(=O)=O)cc4)nc3N)n2)c(O)c1Cl. The second-order valence-corrected chi connectivity index (χ2v) is 10.6. The Balaban J connectivity index is 1.64. The van der Waals surface area contributed by atoms with E-state index in [1.54, 1.807) is 23.6 Å². The Hall–Kier alpha value is -3.10. The van der Waals surface area contributed by atoms with Crippen LogP contribution in [0, 0.1) is 0 Å². The van der Waals surface area contributed by atoms with Gasteiger partial charge < -0.3 is 25.6 Å². The predicted molar refractivity (Wildman–Crippen MR) is 134 cm³/mol. The molecule has 2 aromatic carbocycles. The number of hydrogen-bond donors (Lipinski definition) is 4. The predicted octanol–water partition coefficient (Wildman–Crippen LogP) is 4.28. The highest BCUT2D eigenvalue weighted by Crippen LogP contribution is 2.48. The van der Waals surface area contributed by atoms with Crippen molar-refractivity contribution in [2.75, 3.05) is 25.3 Å². The number of aromatic hydroxyl groups is 1. The number of nitrogens with two attached hydrogens (primary N) is 2. The number of thiazole rings is 2. The summed E-state index contributed by atoms with van der Waals surface area (Å²) in [6, 6.07) is 7.49. The first-order valence-corrected chi connectivity index (χ1v) is 13.0. The average Bonchev–Trinajstić information content (AvgIpc) is 3.41. The monoisotopic (exact) mass is 539 g/mol. The molecule has 2 aromatic heterocycles. The van der Waals surface area contributed by atoms with Crippen LogP contribution >= 0.6 is 34.3 Å². The second kappa shape index (κ2) is 9.27. The van der Waals surface area contributed by atoms with Gasteiger partial charge in [-0.15, -0.1) is 11.3 Å². The summed E-state index contributed by atoms with van der Waals surface area (Å²) in [6.45, 7) is 0. The summed E-state index contributed by atoms with van der Waals surface area (Å²) in [5.41, 5.74) is 7.50. The number of hydrogen-bond acceptors (Lipinski definition) is 11. The van der Waals surface area contributed by atoms with Crippen molar-refractivity contribution in [2.24, 2.45) is 5.14 Å². The van der Waals surface area contributed by atoms with Crippen LogP contribution in [0.15, 0.2) is 40.6 Å². The number of phenolic OH excluding ortho intramolecular Hbond substituents is 1. The van der Waals surface area contributed by atoms with Gasteiger partial charge in [-0.05, 0) is 24.3 Å². The van der Waals surface area contributed by atoms with Crippen LogP contribution in [0.4, 0.5) is 16.6 Å². The van der Waals surface area contributed by atoms with Gasteiger partial charge in [-0.1, -0.05) is 22.9 Å². The van der Waals surface area contributed by atoms with E-state index in [-0.39, 0.29) is 27.2 Å². The van der Waals surface area contributed by atoms with E-state index in [2.05, 4.69) is 15.3 Å². The molecular formula is C20H18ClN5O5S3. The fourth-order valence-corrected chi connectivity index (χ4v) is 5.59. The van der Waals surface area contributed by atoms with Crippen molar-refractivity contribution in [3.8, 4) is 38.4 Å². The van der Waals surface area contributed by atoms with Crippen LogP contribution in [0.25, 0.3) is 21.1 Å². The van der Waals surface area contributed by atoms with Gasteiger partial charge in [-0.3, -0.25) is 0 Å². The zero-order valence-electron chi connectivity index (χ0n) is 17.7. The zero-order chi connectivity index (χ0) is 24.6. The van der Waals surface area contributed by atoms with E-state index in [4.69, 9.17) is 31.9 Å². The van der Waals surface area contributed by atoms with Gasteiger partial charge in [-0.25, -0.2) is 23.5 Å². The third-order valence-corrected chi connectivity index (χ3v) is 7.93. The molecular weight excluding hydrogens is 522 g/mol. The van der Waals surface area contributed by atoms with E-state index in [1.165, 1.54) is 49.0 Å². The maximum absolute atomic E-state index is 11.4. The highest BCUT2D eigenvalue weighted by molar-refractivity contribution is 7.89. The Labute approximate surface area is 207 Å². The second-order valence-electron chi connectivity index (χ2n) is 6.78. The number of anilines is 3. The van der Waals surface area contributed by atoms with Gasteiger partial charge in [0.2, 0.25) is 10.0 Å². The molecule has 0 atom stereocenters. The molecule has 178 valence electrons. The number of nitrogen functional groups attached to an aromatic ring is 1. The molecule has 0 radical (unpaired) electrons.